The van der Waals surface area contributed by atoms with Gasteiger partial charge in [-0.1, -0.05) is 12.8 Å². The van der Waals surface area contributed by atoms with Gasteiger partial charge in [-0.15, -0.1) is 11.8 Å². The van der Waals surface area contributed by atoms with Gasteiger partial charge >= 0.3 is 12.3 Å². The molecule has 2 amide bonds. The van der Waals surface area contributed by atoms with E-state index >= 15 is 0 Å². The average molecular weight is 342 g/mol. The zero-order chi connectivity index (χ0) is 16.3. The third-order valence-corrected chi connectivity index (χ3v) is 5.00. The number of amides is 2. The Hall–Kier alpha value is -0.990. The summed E-state index contributed by atoms with van der Waals surface area (Å²) in [5.74, 6) is -4.68. The molecule has 0 bridgehead atoms. The summed E-state index contributed by atoms with van der Waals surface area (Å²) < 4.78 is 49.8. The van der Waals surface area contributed by atoms with E-state index in [1.165, 1.54) is 16.7 Å². The molecule has 9 heteroatoms. The molecule has 2 rings (SSSR count). The number of carbonyl (C=O) groups is 2. The van der Waals surface area contributed by atoms with Crippen LogP contribution >= 0.6 is 11.8 Å². The van der Waals surface area contributed by atoms with Crippen LogP contribution in [0.25, 0.3) is 0 Å². The molecule has 1 atom stereocenters. The van der Waals surface area contributed by atoms with Gasteiger partial charge in [-0.25, -0.2) is 8.78 Å². The second-order valence-corrected chi connectivity index (χ2v) is 6.58. The van der Waals surface area contributed by atoms with Gasteiger partial charge in [0.1, 0.15) is 6.04 Å². The van der Waals surface area contributed by atoms with Crippen molar-refractivity contribution in [2.45, 2.75) is 44.1 Å². The van der Waals surface area contributed by atoms with Gasteiger partial charge in [0.25, 0.3) is 0 Å². The first-order valence-corrected chi connectivity index (χ1v) is 8.30. The fourth-order valence-corrected chi connectivity index (χ4v) is 3.85. The fraction of sp³-hybridized carbons (Fsp3) is 0.846. The number of hydrogen-bond acceptors (Lipinski definition) is 3. The molecule has 0 unspecified atom stereocenters. The molecule has 1 heterocycles. The Labute approximate surface area is 130 Å². The first-order chi connectivity index (χ1) is 10.3. The standard InChI is InChI=1S/C13H18F4N2O2S/c14-12(15)13(16,17)6-18-10(20)9-5-22-7-19(9)11(21)8-3-1-2-4-8/h8-9,12H,1-7H2,(H,18,20)/t9-/m1/s1. The third kappa shape index (κ3) is 3.85. The highest BCUT2D eigenvalue weighted by atomic mass is 32.2. The van der Waals surface area contributed by atoms with Crippen LogP contribution in [0.1, 0.15) is 25.7 Å². The van der Waals surface area contributed by atoms with Crippen LogP contribution in [0.2, 0.25) is 0 Å². The van der Waals surface area contributed by atoms with Crippen LogP contribution in [-0.2, 0) is 9.59 Å². The van der Waals surface area contributed by atoms with Crippen LogP contribution in [0.3, 0.4) is 0 Å². The molecule has 1 saturated carbocycles. The lowest BCUT2D eigenvalue weighted by Gasteiger charge is -2.26. The molecule has 0 spiro atoms. The van der Waals surface area contributed by atoms with Crippen LogP contribution in [0.4, 0.5) is 17.6 Å². The number of nitrogens with one attached hydrogen (secondary N) is 1. The van der Waals surface area contributed by atoms with Crippen molar-refractivity contribution in [1.29, 1.82) is 0 Å². The Morgan fingerprint density at radius 3 is 2.50 bits per heavy atom. The largest absolute Gasteiger partial charge is 0.348 e. The molecule has 2 fully saturated rings. The molecule has 4 nitrogen and oxygen atoms in total. The second kappa shape index (κ2) is 7.06. The zero-order valence-corrected chi connectivity index (χ0v) is 12.7. The Kier molecular flexibility index (Phi) is 5.57. The number of alkyl halides is 4. The van der Waals surface area contributed by atoms with E-state index in [2.05, 4.69) is 0 Å². The summed E-state index contributed by atoms with van der Waals surface area (Å²) in [6, 6.07) is -0.855. The molecule has 1 aliphatic heterocycles. The minimum absolute atomic E-state index is 0.114. The number of thioether (sulfide) groups is 1. The monoisotopic (exact) mass is 342 g/mol. The minimum Gasteiger partial charge on any atom is -0.348 e. The van der Waals surface area contributed by atoms with Gasteiger partial charge in [-0.3, -0.25) is 9.59 Å². The first kappa shape index (κ1) is 17.4. The molecule has 22 heavy (non-hydrogen) atoms. The van der Waals surface area contributed by atoms with Crippen LogP contribution in [0, 0.1) is 5.92 Å². The summed E-state index contributed by atoms with van der Waals surface area (Å²) in [6.07, 6.45) is -0.346. The number of hydrogen-bond donors (Lipinski definition) is 1. The zero-order valence-electron chi connectivity index (χ0n) is 11.9. The Bertz CT molecular complexity index is 430. The fourth-order valence-electron chi connectivity index (χ4n) is 2.68. The highest BCUT2D eigenvalue weighted by Gasteiger charge is 2.43. The summed E-state index contributed by atoms with van der Waals surface area (Å²) in [7, 11) is 0. The van der Waals surface area contributed by atoms with Crippen LogP contribution in [0.15, 0.2) is 0 Å². The highest BCUT2D eigenvalue weighted by Crippen LogP contribution is 2.31. The van der Waals surface area contributed by atoms with Crippen LogP contribution < -0.4 is 5.32 Å². The third-order valence-electron chi connectivity index (χ3n) is 3.99. The lowest BCUT2D eigenvalue weighted by atomic mass is 10.1. The van der Waals surface area contributed by atoms with Gasteiger partial charge in [0.15, 0.2) is 0 Å². The minimum atomic E-state index is -4.26. The predicted octanol–water partition coefficient (Wildman–Crippen LogP) is 2.09. The summed E-state index contributed by atoms with van der Waals surface area (Å²) in [5, 5.41) is 1.85. The highest BCUT2D eigenvalue weighted by molar-refractivity contribution is 7.99. The van der Waals surface area contributed by atoms with Crippen molar-refractivity contribution in [3.63, 3.8) is 0 Å². The number of carbonyl (C=O) groups excluding carboxylic acids is 2. The van der Waals surface area contributed by atoms with E-state index < -0.39 is 30.8 Å². The number of halogens is 4. The molecule has 0 radical (unpaired) electrons. The van der Waals surface area contributed by atoms with Gasteiger partial charge in [0, 0.05) is 11.7 Å². The number of nitrogens with zero attached hydrogens (tertiary/aromatic N) is 1. The lowest BCUT2D eigenvalue weighted by Crippen LogP contribution is -2.51. The van der Waals surface area contributed by atoms with Gasteiger partial charge in [-0.2, -0.15) is 8.78 Å². The first-order valence-electron chi connectivity index (χ1n) is 7.15. The van der Waals surface area contributed by atoms with Gasteiger partial charge in [0.05, 0.1) is 12.4 Å². The predicted molar refractivity (Wildman–Crippen MR) is 73.9 cm³/mol. The molecule has 0 aromatic heterocycles. The van der Waals surface area contributed by atoms with E-state index in [4.69, 9.17) is 0 Å². The molecule has 1 saturated heterocycles. The molecule has 126 valence electrons. The smallest absolute Gasteiger partial charge is 0.324 e. The van der Waals surface area contributed by atoms with Crippen molar-refractivity contribution in [2.75, 3.05) is 18.2 Å². The van der Waals surface area contributed by atoms with E-state index in [9.17, 15) is 27.2 Å². The van der Waals surface area contributed by atoms with Crippen LogP contribution in [-0.4, -0.2) is 53.3 Å². The van der Waals surface area contributed by atoms with Crippen molar-refractivity contribution in [2.24, 2.45) is 5.92 Å². The Morgan fingerprint density at radius 1 is 1.27 bits per heavy atom. The molecular formula is C13H18F4N2O2S. The molecule has 0 aromatic carbocycles. The summed E-state index contributed by atoms with van der Waals surface area (Å²) in [5.41, 5.74) is 0. The van der Waals surface area contributed by atoms with Crippen molar-refractivity contribution in [3.05, 3.63) is 0 Å². The maximum atomic E-state index is 12.8. The van der Waals surface area contributed by atoms with Gasteiger partial charge in [0.2, 0.25) is 11.8 Å². The molecular weight excluding hydrogens is 324 g/mol. The lowest BCUT2D eigenvalue weighted by molar-refractivity contribution is -0.145. The number of rotatable bonds is 5. The van der Waals surface area contributed by atoms with Gasteiger partial charge < -0.3 is 10.2 Å². The summed E-state index contributed by atoms with van der Waals surface area (Å²) >= 11 is 1.35. The Morgan fingerprint density at radius 2 is 1.91 bits per heavy atom. The topological polar surface area (TPSA) is 49.4 Å². The van der Waals surface area contributed by atoms with E-state index in [0.717, 1.165) is 25.7 Å². The Balaban J connectivity index is 1.92. The van der Waals surface area contributed by atoms with Crippen molar-refractivity contribution in [1.82, 2.24) is 10.2 Å². The summed E-state index contributed by atoms with van der Waals surface area (Å²) in [4.78, 5) is 25.7. The quantitative estimate of drug-likeness (QED) is 0.779. The van der Waals surface area contributed by atoms with E-state index in [0.29, 0.717) is 11.6 Å². The normalized spacial score (nSPS) is 23.3. The van der Waals surface area contributed by atoms with E-state index in [1.807, 2.05) is 5.32 Å². The summed E-state index contributed by atoms with van der Waals surface area (Å²) in [6.45, 7) is -1.42. The second-order valence-electron chi connectivity index (χ2n) is 5.58. The van der Waals surface area contributed by atoms with Gasteiger partial charge in [-0.05, 0) is 12.8 Å². The molecule has 1 N–H and O–H groups in total. The molecule has 0 aromatic rings. The SMILES string of the molecule is O=C(NCC(F)(F)C(F)F)[C@H]1CSCN1C(=O)C1CCCC1. The van der Waals surface area contributed by atoms with Crippen LogP contribution in [0.5, 0.6) is 0 Å². The maximum Gasteiger partial charge on any atom is 0.324 e. The van der Waals surface area contributed by atoms with E-state index in [1.54, 1.807) is 0 Å². The van der Waals surface area contributed by atoms with Crippen molar-refractivity contribution in [3.8, 4) is 0 Å². The molecule has 2 aliphatic rings. The van der Waals surface area contributed by atoms with Crippen molar-refractivity contribution >= 4 is 23.6 Å². The van der Waals surface area contributed by atoms with Crippen molar-refractivity contribution < 1.29 is 27.2 Å². The van der Waals surface area contributed by atoms with E-state index in [-0.39, 0.29) is 11.8 Å². The maximum absolute atomic E-state index is 12.8. The average Bonchev–Trinajstić information content (AvgIpc) is 3.14. The molecule has 1 aliphatic carbocycles.